The first-order chi connectivity index (χ1) is 13.5. The van der Waals surface area contributed by atoms with Crippen molar-refractivity contribution in [2.24, 2.45) is 11.7 Å². The van der Waals surface area contributed by atoms with Crippen LogP contribution in [-0.2, 0) is 25.2 Å². The summed E-state index contributed by atoms with van der Waals surface area (Å²) in [4.78, 5) is 32.5. The molecule has 4 unspecified atom stereocenters. The monoisotopic (exact) mass is 433 g/mol. The molecule has 0 heterocycles. The normalized spacial score (nSPS) is 16.5. The van der Waals surface area contributed by atoms with Crippen molar-refractivity contribution in [3.05, 3.63) is 35.9 Å². The van der Waals surface area contributed by atoms with Crippen LogP contribution in [0.15, 0.2) is 30.3 Å². The smallest absolute Gasteiger partial charge is 0.408 e. The number of aliphatic carboxylic acids is 1. The molecule has 7 N–H and O–H groups in total. The highest BCUT2D eigenvalue weighted by Crippen LogP contribution is 2.43. The number of ether oxygens (including phenoxy) is 1. The molecule has 0 radical (unpaired) electrons. The van der Waals surface area contributed by atoms with E-state index in [4.69, 9.17) is 20.1 Å². The fourth-order valence-corrected chi connectivity index (χ4v) is 3.27. The Morgan fingerprint density at radius 1 is 1.24 bits per heavy atom. The van der Waals surface area contributed by atoms with Crippen molar-refractivity contribution in [3.63, 3.8) is 0 Å². The van der Waals surface area contributed by atoms with E-state index in [0.29, 0.717) is 0 Å². The van der Waals surface area contributed by atoms with Crippen LogP contribution in [0.1, 0.15) is 25.8 Å². The van der Waals surface area contributed by atoms with Crippen LogP contribution in [0.5, 0.6) is 0 Å². The molecule has 0 aromatic heterocycles. The highest BCUT2D eigenvalue weighted by Gasteiger charge is 2.32. The second-order valence-electron chi connectivity index (χ2n) is 6.73. The fraction of sp³-hybridized carbons (Fsp3) is 0.529. The number of hydrogen-bond acceptors (Lipinski definition) is 8. The van der Waals surface area contributed by atoms with Gasteiger partial charge in [-0.05, 0) is 17.9 Å². The molecule has 1 aromatic rings. The van der Waals surface area contributed by atoms with E-state index in [2.05, 4.69) is 10.6 Å². The third-order valence-electron chi connectivity index (χ3n) is 3.61. The van der Waals surface area contributed by atoms with Crippen LogP contribution >= 0.6 is 7.60 Å². The lowest BCUT2D eigenvalue weighted by Gasteiger charge is -2.28. The maximum atomic E-state index is 12.3. The minimum absolute atomic E-state index is 0.0189. The summed E-state index contributed by atoms with van der Waals surface area (Å²) >= 11 is 0. The first kappa shape index (κ1) is 25.0. The van der Waals surface area contributed by atoms with Gasteiger partial charge in [-0.3, -0.25) is 14.4 Å². The van der Waals surface area contributed by atoms with Crippen molar-refractivity contribution in [2.45, 2.75) is 45.4 Å². The number of hydrogen-bond donors (Lipinski definition) is 6. The van der Waals surface area contributed by atoms with Crippen LogP contribution in [-0.4, -0.2) is 52.0 Å². The van der Waals surface area contributed by atoms with Crippen molar-refractivity contribution in [1.29, 1.82) is 0 Å². The molecular formula is C17H28N3O8P. The summed E-state index contributed by atoms with van der Waals surface area (Å²) in [6, 6.07) is 8.86. The number of nitrogens with two attached hydrogens (primary N) is 1. The largest absolute Gasteiger partial charge is 0.479 e. The molecule has 0 spiro atoms. The molecule has 1 amide bonds. The van der Waals surface area contributed by atoms with E-state index in [-0.39, 0.29) is 18.9 Å². The first-order valence-electron chi connectivity index (χ1n) is 8.87. The van der Waals surface area contributed by atoms with Gasteiger partial charge in [0.1, 0.15) is 25.2 Å². The maximum absolute atomic E-state index is 12.3. The van der Waals surface area contributed by atoms with E-state index in [0.717, 1.165) is 5.56 Å². The standard InChI is InChI=1S/C17H28N3O8P/c1-11(2)8-13(15(21)20-14(18)16(22)23)28-29(25,26)10-19-17(24)27-9-12-6-4-3-5-7-12/h3-7,11,13-15,20-21H,8-10,18H2,1-2H3,(H,19,24)(H,22,23)(H,25,26). The van der Waals surface area contributed by atoms with Gasteiger partial charge in [-0.1, -0.05) is 44.2 Å². The molecule has 1 rings (SSSR count). The average molecular weight is 433 g/mol. The van der Waals surface area contributed by atoms with Gasteiger partial charge in [-0.25, -0.2) is 9.59 Å². The lowest BCUT2D eigenvalue weighted by atomic mass is 10.1. The number of carboxylic acids is 1. The number of amides is 1. The number of carbonyl (C=O) groups excluding carboxylic acids is 1. The molecule has 11 nitrogen and oxygen atoms in total. The van der Waals surface area contributed by atoms with Crippen LogP contribution in [0.4, 0.5) is 4.79 Å². The summed E-state index contributed by atoms with van der Waals surface area (Å²) in [7, 11) is -4.38. The molecular weight excluding hydrogens is 405 g/mol. The summed E-state index contributed by atoms with van der Waals surface area (Å²) in [6.07, 6.45) is -5.99. The van der Waals surface area contributed by atoms with E-state index in [9.17, 15) is 24.2 Å². The van der Waals surface area contributed by atoms with Gasteiger partial charge in [0.05, 0.1) is 0 Å². The van der Waals surface area contributed by atoms with Crippen molar-refractivity contribution in [1.82, 2.24) is 10.6 Å². The third-order valence-corrected chi connectivity index (χ3v) is 4.77. The summed E-state index contributed by atoms with van der Waals surface area (Å²) in [5.41, 5.74) is 6.04. The Bertz CT molecular complexity index is 703. The van der Waals surface area contributed by atoms with Gasteiger partial charge in [0.2, 0.25) is 0 Å². The summed E-state index contributed by atoms with van der Waals surface area (Å²) in [6.45, 7) is 3.54. The number of nitrogens with one attached hydrogen (secondary N) is 2. The zero-order valence-electron chi connectivity index (χ0n) is 16.2. The van der Waals surface area contributed by atoms with Gasteiger partial charge in [-0.15, -0.1) is 0 Å². The molecule has 0 saturated heterocycles. The number of carbonyl (C=O) groups is 2. The van der Waals surface area contributed by atoms with Gasteiger partial charge >= 0.3 is 19.7 Å². The summed E-state index contributed by atoms with van der Waals surface area (Å²) in [5, 5.41) is 23.2. The number of benzene rings is 1. The van der Waals surface area contributed by atoms with Gasteiger partial charge in [0.15, 0.2) is 6.17 Å². The van der Waals surface area contributed by atoms with Crippen molar-refractivity contribution >= 4 is 19.7 Å². The second kappa shape index (κ2) is 11.9. The number of alkyl carbamates (subject to hydrolysis) is 1. The van der Waals surface area contributed by atoms with Crippen molar-refractivity contribution < 1.29 is 38.5 Å². The lowest BCUT2D eigenvalue weighted by molar-refractivity contribution is -0.141. The maximum Gasteiger partial charge on any atom is 0.408 e. The van der Waals surface area contributed by atoms with Crippen molar-refractivity contribution in [3.8, 4) is 0 Å². The SMILES string of the molecule is CC(C)CC(OP(=O)(O)CNC(=O)OCc1ccccc1)C(O)NC(N)C(=O)O. The summed E-state index contributed by atoms with van der Waals surface area (Å²) in [5.74, 6) is -1.47. The summed E-state index contributed by atoms with van der Waals surface area (Å²) < 4.78 is 22.3. The molecule has 0 aliphatic rings. The minimum Gasteiger partial charge on any atom is -0.479 e. The van der Waals surface area contributed by atoms with E-state index < -0.39 is 44.4 Å². The van der Waals surface area contributed by atoms with E-state index in [1.807, 2.05) is 6.07 Å². The average Bonchev–Trinajstić information content (AvgIpc) is 2.64. The Hall–Kier alpha value is -2.01. The molecule has 12 heteroatoms. The molecule has 0 fully saturated rings. The Kier molecular flexibility index (Phi) is 10.2. The number of rotatable bonds is 12. The fourth-order valence-electron chi connectivity index (χ4n) is 2.24. The topological polar surface area (TPSA) is 180 Å². The molecule has 4 atom stereocenters. The number of carboxylic acid groups (broad SMARTS) is 1. The Balaban J connectivity index is 2.58. The van der Waals surface area contributed by atoms with Crippen LogP contribution in [0.2, 0.25) is 0 Å². The molecule has 0 bridgehead atoms. The molecule has 0 saturated carbocycles. The molecule has 1 aromatic carbocycles. The van der Waals surface area contributed by atoms with Crippen LogP contribution in [0.3, 0.4) is 0 Å². The third kappa shape index (κ3) is 10.4. The zero-order valence-corrected chi connectivity index (χ0v) is 17.1. The van der Waals surface area contributed by atoms with E-state index >= 15 is 0 Å². The molecule has 0 aliphatic carbocycles. The Morgan fingerprint density at radius 3 is 2.41 bits per heavy atom. The predicted molar refractivity (Wildman–Crippen MR) is 104 cm³/mol. The number of aliphatic hydroxyl groups excluding tert-OH is 1. The zero-order chi connectivity index (χ0) is 22.0. The minimum atomic E-state index is -4.38. The van der Waals surface area contributed by atoms with Gasteiger partial charge in [0.25, 0.3) is 0 Å². The van der Waals surface area contributed by atoms with Crippen LogP contribution in [0, 0.1) is 5.92 Å². The van der Waals surface area contributed by atoms with Crippen LogP contribution in [0.25, 0.3) is 0 Å². The van der Waals surface area contributed by atoms with Gasteiger partial charge < -0.3 is 30.9 Å². The molecule has 0 aliphatic heterocycles. The van der Waals surface area contributed by atoms with E-state index in [1.54, 1.807) is 38.1 Å². The molecule has 29 heavy (non-hydrogen) atoms. The lowest BCUT2D eigenvalue weighted by Crippen LogP contribution is -2.53. The first-order valence-corrected chi connectivity index (χ1v) is 10.6. The Labute approximate surface area is 168 Å². The quantitative estimate of drug-likeness (QED) is 0.203. The highest BCUT2D eigenvalue weighted by atomic mass is 31.2. The van der Waals surface area contributed by atoms with Gasteiger partial charge in [0, 0.05) is 0 Å². The number of aliphatic hydroxyl groups is 1. The molecule has 164 valence electrons. The second-order valence-corrected chi connectivity index (χ2v) is 8.54. The van der Waals surface area contributed by atoms with Crippen LogP contribution < -0.4 is 16.4 Å². The highest BCUT2D eigenvalue weighted by molar-refractivity contribution is 7.52. The van der Waals surface area contributed by atoms with Gasteiger partial charge in [-0.2, -0.15) is 0 Å². The van der Waals surface area contributed by atoms with E-state index in [1.165, 1.54) is 0 Å². The predicted octanol–water partition coefficient (Wildman–Crippen LogP) is 0.764. The Morgan fingerprint density at radius 2 is 1.86 bits per heavy atom. The van der Waals surface area contributed by atoms with Crippen molar-refractivity contribution in [2.75, 3.05) is 6.29 Å².